The molecule has 4 nitrogen and oxygen atoms in total. The second-order valence-corrected chi connectivity index (χ2v) is 5.80. The third-order valence-electron chi connectivity index (χ3n) is 3.83. The first kappa shape index (κ1) is 11.7. The fourth-order valence-electron chi connectivity index (χ4n) is 2.56. The lowest BCUT2D eigenvalue weighted by atomic mass is 9.76. The van der Waals surface area contributed by atoms with E-state index in [1.165, 1.54) is 11.3 Å². The molecule has 0 aromatic carbocycles. The largest absolute Gasteiger partial charge is 0.382 e. The van der Waals surface area contributed by atoms with Crippen LogP contribution in [-0.4, -0.2) is 22.9 Å². The highest BCUT2D eigenvalue weighted by molar-refractivity contribution is 7.13. The van der Waals surface area contributed by atoms with Crippen molar-refractivity contribution in [3.05, 3.63) is 23.2 Å². The number of nitrogens with one attached hydrogen (secondary N) is 1. The first-order valence-electron chi connectivity index (χ1n) is 6.16. The molecule has 2 heterocycles. The number of aromatic amines is 1. The standard InChI is InChI=1S/C13H17N3OS/c1-17-13(5-3-6-13)8-9-11(12(14)16-15-9)10-4-2-7-18-10/h2,4,7H,3,5-6,8H2,1H3,(H3,14,15,16). The summed E-state index contributed by atoms with van der Waals surface area (Å²) in [6.07, 6.45) is 4.34. The number of ether oxygens (including phenoxy) is 1. The van der Waals surface area contributed by atoms with Crippen LogP contribution < -0.4 is 5.73 Å². The Morgan fingerprint density at radius 1 is 1.56 bits per heavy atom. The van der Waals surface area contributed by atoms with E-state index in [0.717, 1.165) is 30.5 Å². The first-order valence-corrected chi connectivity index (χ1v) is 7.04. The molecule has 0 radical (unpaired) electrons. The Morgan fingerprint density at radius 3 is 2.94 bits per heavy atom. The fraction of sp³-hybridized carbons (Fsp3) is 0.462. The third-order valence-corrected chi connectivity index (χ3v) is 4.72. The topological polar surface area (TPSA) is 63.9 Å². The van der Waals surface area contributed by atoms with Crippen LogP contribution in [0.15, 0.2) is 17.5 Å². The zero-order valence-electron chi connectivity index (χ0n) is 10.4. The number of thiophene rings is 1. The van der Waals surface area contributed by atoms with Gasteiger partial charge in [-0.3, -0.25) is 5.10 Å². The molecule has 0 unspecified atom stereocenters. The average molecular weight is 263 g/mol. The summed E-state index contributed by atoms with van der Waals surface area (Å²) >= 11 is 1.69. The van der Waals surface area contributed by atoms with E-state index < -0.39 is 0 Å². The van der Waals surface area contributed by atoms with E-state index in [-0.39, 0.29) is 5.60 Å². The zero-order chi connectivity index (χ0) is 12.6. The molecule has 0 aliphatic heterocycles. The van der Waals surface area contributed by atoms with Crippen molar-refractivity contribution in [3.63, 3.8) is 0 Å². The van der Waals surface area contributed by atoms with Crippen molar-refractivity contribution in [3.8, 4) is 10.4 Å². The van der Waals surface area contributed by atoms with E-state index in [1.807, 2.05) is 6.07 Å². The molecule has 0 atom stereocenters. The Hall–Kier alpha value is -1.33. The SMILES string of the molecule is COC1(Cc2[nH]nc(N)c2-c2cccs2)CCC1. The zero-order valence-corrected chi connectivity index (χ0v) is 11.2. The van der Waals surface area contributed by atoms with Crippen LogP contribution in [0.25, 0.3) is 10.4 Å². The molecule has 3 rings (SSSR count). The van der Waals surface area contributed by atoms with E-state index in [2.05, 4.69) is 21.6 Å². The molecular weight excluding hydrogens is 246 g/mol. The van der Waals surface area contributed by atoms with E-state index in [0.29, 0.717) is 5.82 Å². The second kappa shape index (κ2) is 4.40. The van der Waals surface area contributed by atoms with Crippen molar-refractivity contribution in [1.82, 2.24) is 10.2 Å². The monoisotopic (exact) mass is 263 g/mol. The second-order valence-electron chi connectivity index (χ2n) is 4.86. The van der Waals surface area contributed by atoms with Crippen LogP contribution in [0, 0.1) is 0 Å². The molecule has 96 valence electrons. The summed E-state index contributed by atoms with van der Waals surface area (Å²) in [5.41, 5.74) is 8.11. The quantitative estimate of drug-likeness (QED) is 0.891. The number of rotatable bonds is 4. The first-order chi connectivity index (χ1) is 8.74. The van der Waals surface area contributed by atoms with Gasteiger partial charge in [0.1, 0.15) is 0 Å². The summed E-state index contributed by atoms with van der Waals surface area (Å²) < 4.78 is 5.67. The van der Waals surface area contributed by atoms with Gasteiger partial charge in [0, 0.05) is 24.1 Å². The highest BCUT2D eigenvalue weighted by Gasteiger charge is 2.38. The highest BCUT2D eigenvalue weighted by atomic mass is 32.1. The Balaban J connectivity index is 1.93. The minimum atomic E-state index is -0.00895. The number of methoxy groups -OCH3 is 1. The van der Waals surface area contributed by atoms with Gasteiger partial charge < -0.3 is 10.5 Å². The number of hydrogen-bond acceptors (Lipinski definition) is 4. The van der Waals surface area contributed by atoms with Gasteiger partial charge in [0.05, 0.1) is 11.2 Å². The van der Waals surface area contributed by atoms with Crippen molar-refractivity contribution in [1.29, 1.82) is 0 Å². The highest BCUT2D eigenvalue weighted by Crippen LogP contribution is 2.41. The normalized spacial score (nSPS) is 17.6. The predicted octanol–water partition coefficient (Wildman–Crippen LogP) is 2.83. The van der Waals surface area contributed by atoms with E-state index >= 15 is 0 Å². The molecule has 18 heavy (non-hydrogen) atoms. The Kier molecular flexibility index (Phi) is 2.87. The van der Waals surface area contributed by atoms with Gasteiger partial charge in [-0.15, -0.1) is 11.3 Å². The van der Waals surface area contributed by atoms with Gasteiger partial charge in [-0.05, 0) is 30.7 Å². The van der Waals surface area contributed by atoms with Crippen molar-refractivity contribution in [2.75, 3.05) is 12.8 Å². The maximum atomic E-state index is 5.98. The van der Waals surface area contributed by atoms with Crippen molar-refractivity contribution < 1.29 is 4.74 Å². The lowest BCUT2D eigenvalue weighted by Crippen LogP contribution is -2.41. The van der Waals surface area contributed by atoms with E-state index in [9.17, 15) is 0 Å². The van der Waals surface area contributed by atoms with Gasteiger partial charge in [0.15, 0.2) is 5.82 Å². The predicted molar refractivity (Wildman–Crippen MR) is 73.6 cm³/mol. The van der Waals surface area contributed by atoms with Gasteiger partial charge in [-0.25, -0.2) is 0 Å². The Morgan fingerprint density at radius 2 is 2.39 bits per heavy atom. The van der Waals surface area contributed by atoms with Crippen molar-refractivity contribution in [2.45, 2.75) is 31.3 Å². The van der Waals surface area contributed by atoms with Crippen LogP contribution in [0.4, 0.5) is 5.82 Å². The lowest BCUT2D eigenvalue weighted by Gasteiger charge is -2.40. The van der Waals surface area contributed by atoms with Crippen LogP contribution in [0.5, 0.6) is 0 Å². The molecule has 1 aliphatic rings. The van der Waals surface area contributed by atoms with Gasteiger partial charge >= 0.3 is 0 Å². The third kappa shape index (κ3) is 1.83. The molecule has 0 amide bonds. The number of nitrogen functional groups attached to an aromatic ring is 1. The summed E-state index contributed by atoms with van der Waals surface area (Å²) in [6.45, 7) is 0. The summed E-state index contributed by atoms with van der Waals surface area (Å²) in [7, 11) is 1.80. The van der Waals surface area contributed by atoms with Crippen molar-refractivity contribution >= 4 is 17.2 Å². The minimum Gasteiger partial charge on any atom is -0.382 e. The molecule has 5 heteroatoms. The molecule has 1 fully saturated rings. The van der Waals surface area contributed by atoms with Crippen LogP contribution in [-0.2, 0) is 11.2 Å². The van der Waals surface area contributed by atoms with Gasteiger partial charge in [0.25, 0.3) is 0 Å². The van der Waals surface area contributed by atoms with Gasteiger partial charge in [0.2, 0.25) is 0 Å². The molecule has 0 saturated heterocycles. The molecular formula is C13H17N3OS. The maximum absolute atomic E-state index is 5.98. The number of H-pyrrole nitrogens is 1. The average Bonchev–Trinajstić information content (AvgIpc) is 2.93. The summed E-state index contributed by atoms with van der Waals surface area (Å²) in [5.74, 6) is 0.582. The maximum Gasteiger partial charge on any atom is 0.154 e. The minimum absolute atomic E-state index is 0.00895. The Labute approximate surface area is 110 Å². The van der Waals surface area contributed by atoms with Crippen LogP contribution in [0.1, 0.15) is 25.0 Å². The van der Waals surface area contributed by atoms with Gasteiger partial charge in [-0.1, -0.05) is 6.07 Å². The number of hydrogen-bond donors (Lipinski definition) is 2. The van der Waals surface area contributed by atoms with Crippen molar-refractivity contribution in [2.24, 2.45) is 0 Å². The van der Waals surface area contributed by atoms with Gasteiger partial charge in [-0.2, -0.15) is 5.10 Å². The van der Waals surface area contributed by atoms with Crippen LogP contribution in [0.3, 0.4) is 0 Å². The number of nitrogens with zero attached hydrogens (tertiary/aromatic N) is 1. The molecule has 2 aromatic heterocycles. The molecule has 1 saturated carbocycles. The number of nitrogens with two attached hydrogens (primary N) is 1. The molecule has 0 bridgehead atoms. The molecule has 1 aliphatic carbocycles. The summed E-state index contributed by atoms with van der Waals surface area (Å²) in [6, 6.07) is 4.11. The molecule has 0 spiro atoms. The summed E-state index contributed by atoms with van der Waals surface area (Å²) in [5, 5.41) is 9.28. The van der Waals surface area contributed by atoms with Crippen LogP contribution in [0.2, 0.25) is 0 Å². The number of aromatic nitrogens is 2. The number of anilines is 1. The summed E-state index contributed by atoms with van der Waals surface area (Å²) in [4.78, 5) is 1.17. The van der Waals surface area contributed by atoms with Crippen LogP contribution >= 0.6 is 11.3 Å². The fourth-order valence-corrected chi connectivity index (χ4v) is 3.37. The Bertz CT molecular complexity index is 523. The van der Waals surface area contributed by atoms with E-state index in [1.54, 1.807) is 18.4 Å². The molecule has 2 aromatic rings. The lowest BCUT2D eigenvalue weighted by molar-refractivity contribution is -0.0713. The smallest absolute Gasteiger partial charge is 0.154 e. The molecule has 3 N–H and O–H groups in total. The van der Waals surface area contributed by atoms with E-state index in [4.69, 9.17) is 10.5 Å².